The largest absolute Gasteiger partial charge is 0.337 e. The first-order chi connectivity index (χ1) is 17.6. The van der Waals surface area contributed by atoms with Crippen molar-refractivity contribution in [3.05, 3.63) is 95.6 Å². The van der Waals surface area contributed by atoms with Gasteiger partial charge in [-0.3, -0.25) is 9.80 Å². The monoisotopic (exact) mass is 488 g/mol. The van der Waals surface area contributed by atoms with Crippen LogP contribution in [0.4, 0.5) is 20.2 Å². The molecule has 6 rings (SSSR count). The van der Waals surface area contributed by atoms with Crippen molar-refractivity contribution in [2.24, 2.45) is 0 Å². The third-order valence-corrected chi connectivity index (χ3v) is 8.19. The third-order valence-electron chi connectivity index (χ3n) is 8.19. The van der Waals surface area contributed by atoms with Crippen molar-refractivity contribution in [2.45, 2.75) is 24.9 Å². The number of rotatable bonds is 6. The normalized spacial score (nSPS) is 23.0. The highest BCUT2D eigenvalue weighted by atomic mass is 19.1. The summed E-state index contributed by atoms with van der Waals surface area (Å²) in [6.45, 7) is 9.56. The van der Waals surface area contributed by atoms with Gasteiger partial charge in [-0.05, 0) is 60.0 Å². The lowest BCUT2D eigenvalue weighted by Gasteiger charge is -2.40. The van der Waals surface area contributed by atoms with Crippen LogP contribution in [0.5, 0.6) is 0 Å². The molecule has 0 amide bonds. The van der Waals surface area contributed by atoms with Crippen LogP contribution in [0.25, 0.3) is 0 Å². The van der Waals surface area contributed by atoms with Gasteiger partial charge in [-0.25, -0.2) is 8.78 Å². The lowest BCUT2D eigenvalue weighted by Crippen LogP contribution is -2.50. The van der Waals surface area contributed by atoms with E-state index in [1.165, 1.54) is 17.7 Å². The average Bonchev–Trinajstić information content (AvgIpc) is 3.22. The number of fused-ring (bicyclic) bond motifs is 3. The topological polar surface area (TPSA) is 13.0 Å². The molecule has 0 spiro atoms. The summed E-state index contributed by atoms with van der Waals surface area (Å²) in [7, 11) is 0. The minimum Gasteiger partial charge on any atom is -0.337 e. The SMILES string of the molecule is Fc1ccc(N2c3ccc(F)cc3[C@@H]3CN(CCN4CCN(Cc5ccccc5)CC4)CC[C@H]32)cc1. The Kier molecular flexibility index (Phi) is 6.74. The van der Waals surface area contributed by atoms with Crippen LogP contribution in [0.2, 0.25) is 0 Å². The van der Waals surface area contributed by atoms with Crippen LogP contribution >= 0.6 is 0 Å². The molecule has 3 aromatic rings. The molecule has 3 aliphatic rings. The van der Waals surface area contributed by atoms with Crippen LogP contribution in [0.1, 0.15) is 23.5 Å². The molecule has 0 bridgehead atoms. The van der Waals surface area contributed by atoms with Crippen molar-refractivity contribution in [1.29, 1.82) is 0 Å². The molecule has 4 nitrogen and oxygen atoms in total. The lowest BCUT2D eigenvalue weighted by atomic mass is 9.89. The zero-order valence-electron chi connectivity index (χ0n) is 20.7. The summed E-state index contributed by atoms with van der Waals surface area (Å²) >= 11 is 0. The minimum atomic E-state index is -0.232. The van der Waals surface area contributed by atoms with Crippen LogP contribution in [0, 0.1) is 11.6 Å². The number of nitrogens with zero attached hydrogens (tertiary/aromatic N) is 4. The van der Waals surface area contributed by atoms with E-state index in [1.807, 2.05) is 18.2 Å². The van der Waals surface area contributed by atoms with Gasteiger partial charge in [0.25, 0.3) is 0 Å². The molecule has 3 aliphatic heterocycles. The Balaban J connectivity index is 1.07. The molecule has 2 fully saturated rings. The summed E-state index contributed by atoms with van der Waals surface area (Å²) in [5.74, 6) is -0.152. The molecule has 3 heterocycles. The molecule has 0 unspecified atom stereocenters. The van der Waals surface area contributed by atoms with Gasteiger partial charge in [-0.2, -0.15) is 0 Å². The second kappa shape index (κ2) is 10.3. The molecule has 0 aromatic heterocycles. The number of piperazine rings is 1. The first kappa shape index (κ1) is 23.6. The Hall–Kier alpha value is -2.80. The second-order valence-corrected chi connectivity index (χ2v) is 10.4. The second-order valence-electron chi connectivity index (χ2n) is 10.4. The van der Waals surface area contributed by atoms with Gasteiger partial charge in [-0.15, -0.1) is 0 Å². The number of benzene rings is 3. The van der Waals surface area contributed by atoms with E-state index in [0.29, 0.717) is 0 Å². The molecule has 2 saturated heterocycles. The van der Waals surface area contributed by atoms with Gasteiger partial charge in [0.1, 0.15) is 11.6 Å². The highest BCUT2D eigenvalue weighted by molar-refractivity contribution is 5.73. The number of hydrogen-bond acceptors (Lipinski definition) is 4. The zero-order valence-corrected chi connectivity index (χ0v) is 20.7. The van der Waals surface area contributed by atoms with Gasteiger partial charge in [0.15, 0.2) is 0 Å². The summed E-state index contributed by atoms with van der Waals surface area (Å²) in [5.41, 5.74) is 4.52. The molecule has 0 N–H and O–H groups in total. The fourth-order valence-corrected chi connectivity index (χ4v) is 6.27. The predicted molar refractivity (Wildman–Crippen MR) is 141 cm³/mol. The van der Waals surface area contributed by atoms with E-state index in [9.17, 15) is 8.78 Å². The van der Waals surface area contributed by atoms with Crippen LogP contribution in [0.15, 0.2) is 72.8 Å². The van der Waals surface area contributed by atoms with E-state index in [2.05, 4.69) is 49.9 Å². The Morgan fingerprint density at radius 3 is 2.17 bits per heavy atom. The Labute approximate surface area is 212 Å². The van der Waals surface area contributed by atoms with Crippen LogP contribution in [0.3, 0.4) is 0 Å². The molecule has 36 heavy (non-hydrogen) atoms. The van der Waals surface area contributed by atoms with Crippen LogP contribution < -0.4 is 4.90 Å². The maximum Gasteiger partial charge on any atom is 0.123 e. The molecule has 0 aliphatic carbocycles. The molecule has 2 atom stereocenters. The molecule has 0 saturated carbocycles. The molecular formula is C30H34F2N4. The van der Waals surface area contributed by atoms with Crippen molar-refractivity contribution < 1.29 is 8.78 Å². The minimum absolute atomic E-state index is 0.182. The van der Waals surface area contributed by atoms with Gasteiger partial charge < -0.3 is 9.80 Å². The number of likely N-dealkylation sites (tertiary alicyclic amines) is 1. The molecule has 0 radical (unpaired) electrons. The number of halogens is 2. The van der Waals surface area contributed by atoms with E-state index in [-0.39, 0.29) is 23.6 Å². The van der Waals surface area contributed by atoms with Gasteiger partial charge >= 0.3 is 0 Å². The molecular weight excluding hydrogens is 454 g/mol. The predicted octanol–water partition coefficient (Wildman–Crippen LogP) is 5.09. The van der Waals surface area contributed by atoms with Gasteiger partial charge in [0.2, 0.25) is 0 Å². The fourth-order valence-electron chi connectivity index (χ4n) is 6.27. The van der Waals surface area contributed by atoms with E-state index in [1.54, 1.807) is 12.1 Å². The Bertz CT molecular complexity index is 1160. The fraction of sp³-hybridized carbons (Fsp3) is 0.400. The molecule has 3 aromatic carbocycles. The smallest absolute Gasteiger partial charge is 0.123 e. The average molecular weight is 489 g/mol. The van der Waals surface area contributed by atoms with E-state index < -0.39 is 0 Å². The van der Waals surface area contributed by atoms with E-state index in [0.717, 1.165) is 82.3 Å². The van der Waals surface area contributed by atoms with Gasteiger partial charge in [0, 0.05) is 82.2 Å². The van der Waals surface area contributed by atoms with Gasteiger partial charge in [-0.1, -0.05) is 30.3 Å². The summed E-state index contributed by atoms with van der Waals surface area (Å²) in [4.78, 5) is 9.99. The first-order valence-corrected chi connectivity index (χ1v) is 13.2. The lowest BCUT2D eigenvalue weighted by molar-refractivity contribution is 0.106. The zero-order chi connectivity index (χ0) is 24.5. The molecule has 188 valence electrons. The van der Waals surface area contributed by atoms with Crippen molar-refractivity contribution in [1.82, 2.24) is 14.7 Å². The first-order valence-electron chi connectivity index (χ1n) is 13.2. The highest BCUT2D eigenvalue weighted by Gasteiger charge is 2.42. The molecule has 6 heteroatoms. The standard InChI is InChI=1S/C30H34F2N4/c31-24-6-9-26(10-7-24)36-29-11-8-25(32)20-27(29)28-22-34(13-12-30(28)36)17-14-33-15-18-35(19-16-33)21-23-4-2-1-3-5-23/h1-11,20,28,30H,12-19,21-22H2/t28-,30+/m0/s1. The van der Waals surface area contributed by atoms with Gasteiger partial charge in [0.05, 0.1) is 0 Å². The number of hydrogen-bond donors (Lipinski definition) is 0. The summed E-state index contributed by atoms with van der Waals surface area (Å²) in [5, 5.41) is 0. The number of piperidine rings is 1. The Morgan fingerprint density at radius 1 is 0.694 bits per heavy atom. The quantitative estimate of drug-likeness (QED) is 0.479. The maximum absolute atomic E-state index is 14.3. The van der Waals surface area contributed by atoms with Crippen molar-refractivity contribution in [3.8, 4) is 0 Å². The van der Waals surface area contributed by atoms with Crippen LogP contribution in [-0.4, -0.2) is 73.1 Å². The Morgan fingerprint density at radius 2 is 1.39 bits per heavy atom. The van der Waals surface area contributed by atoms with Crippen molar-refractivity contribution in [3.63, 3.8) is 0 Å². The number of anilines is 2. The van der Waals surface area contributed by atoms with E-state index in [4.69, 9.17) is 0 Å². The maximum atomic E-state index is 14.3. The van der Waals surface area contributed by atoms with Crippen LogP contribution in [-0.2, 0) is 6.54 Å². The third kappa shape index (κ3) is 4.90. The summed E-state index contributed by atoms with van der Waals surface area (Å²) in [6.07, 6.45) is 1.02. The van der Waals surface area contributed by atoms with E-state index >= 15 is 0 Å². The summed E-state index contributed by atoms with van der Waals surface area (Å²) in [6, 6.07) is 22.9. The summed E-state index contributed by atoms with van der Waals surface area (Å²) < 4.78 is 27.9. The highest BCUT2D eigenvalue weighted by Crippen LogP contribution is 2.48. The van der Waals surface area contributed by atoms with Crippen molar-refractivity contribution in [2.75, 3.05) is 57.3 Å². The van der Waals surface area contributed by atoms with Crippen molar-refractivity contribution >= 4 is 11.4 Å².